The second kappa shape index (κ2) is 3.17. The Morgan fingerprint density at radius 1 is 1.46 bits per heavy atom. The lowest BCUT2D eigenvalue weighted by Crippen LogP contribution is -2.02. The number of rotatable bonds is 1. The van der Waals surface area contributed by atoms with Crippen LogP contribution in [0.5, 0.6) is 0 Å². The summed E-state index contributed by atoms with van der Waals surface area (Å²) in [5.74, 6) is 0.583. The van der Waals surface area contributed by atoms with Gasteiger partial charge in [-0.05, 0) is 31.4 Å². The molecule has 13 heavy (non-hydrogen) atoms. The zero-order valence-electron chi connectivity index (χ0n) is 7.75. The first kappa shape index (κ1) is 8.23. The molecule has 2 rings (SSSR count). The van der Waals surface area contributed by atoms with E-state index < -0.39 is 0 Å². The average molecular weight is 175 g/mol. The monoisotopic (exact) mass is 175 g/mol. The van der Waals surface area contributed by atoms with E-state index in [1.807, 2.05) is 19.2 Å². The van der Waals surface area contributed by atoms with Crippen LogP contribution in [0, 0.1) is 6.92 Å². The number of nitrogen functional groups attached to an aromatic ring is 1. The number of nitrogens with zero attached hydrogens (tertiary/aromatic N) is 2. The lowest BCUT2D eigenvalue weighted by molar-refractivity contribution is 0.951. The van der Waals surface area contributed by atoms with E-state index in [2.05, 4.69) is 9.98 Å². The van der Waals surface area contributed by atoms with Crippen molar-refractivity contribution in [2.45, 2.75) is 19.8 Å². The van der Waals surface area contributed by atoms with E-state index in [4.69, 9.17) is 5.73 Å². The van der Waals surface area contributed by atoms with Gasteiger partial charge in [-0.25, -0.2) is 4.98 Å². The molecule has 1 aliphatic heterocycles. The summed E-state index contributed by atoms with van der Waals surface area (Å²) in [5, 5.41) is 0. The molecule has 3 nitrogen and oxygen atoms in total. The molecule has 0 aromatic carbocycles. The first-order chi connectivity index (χ1) is 6.27. The number of hydrogen-bond donors (Lipinski definition) is 1. The van der Waals surface area contributed by atoms with Crippen molar-refractivity contribution in [3.05, 3.63) is 23.4 Å². The molecular formula is C10H13N3. The van der Waals surface area contributed by atoms with E-state index in [1.165, 1.54) is 17.7 Å². The number of nitrogens with two attached hydrogens (primary N) is 1. The molecule has 0 radical (unpaired) electrons. The minimum atomic E-state index is 0.583. The van der Waals surface area contributed by atoms with Crippen molar-refractivity contribution in [2.75, 3.05) is 12.3 Å². The van der Waals surface area contributed by atoms with E-state index in [9.17, 15) is 0 Å². The highest BCUT2D eigenvalue weighted by atomic mass is 14.8. The van der Waals surface area contributed by atoms with Crippen molar-refractivity contribution in [1.82, 2.24) is 4.98 Å². The van der Waals surface area contributed by atoms with Gasteiger partial charge in [0.25, 0.3) is 0 Å². The maximum atomic E-state index is 5.58. The number of aliphatic imine (C=N–C) groups is 1. The van der Waals surface area contributed by atoms with Crippen molar-refractivity contribution >= 4 is 11.5 Å². The lowest BCUT2D eigenvalue weighted by Gasteiger charge is -2.04. The van der Waals surface area contributed by atoms with Gasteiger partial charge < -0.3 is 5.73 Å². The third kappa shape index (κ3) is 1.54. The largest absolute Gasteiger partial charge is 0.384 e. The molecule has 3 heteroatoms. The van der Waals surface area contributed by atoms with E-state index in [0.717, 1.165) is 18.5 Å². The highest BCUT2D eigenvalue weighted by molar-refractivity contribution is 6.02. The lowest BCUT2D eigenvalue weighted by atomic mass is 10.0. The van der Waals surface area contributed by atoms with Crippen LogP contribution in [0.15, 0.2) is 17.3 Å². The van der Waals surface area contributed by atoms with E-state index in [0.29, 0.717) is 5.82 Å². The molecule has 0 aliphatic carbocycles. The molecule has 1 aromatic rings. The van der Waals surface area contributed by atoms with Crippen LogP contribution in [0.2, 0.25) is 0 Å². The summed E-state index contributed by atoms with van der Waals surface area (Å²) in [6, 6.07) is 1.90. The molecule has 1 aliphatic rings. The summed E-state index contributed by atoms with van der Waals surface area (Å²) in [6.07, 6.45) is 4.07. The molecule has 2 heterocycles. The molecule has 0 saturated carbocycles. The van der Waals surface area contributed by atoms with Gasteiger partial charge in [0.15, 0.2) is 0 Å². The summed E-state index contributed by atoms with van der Waals surface area (Å²) in [6.45, 7) is 3.01. The smallest absolute Gasteiger partial charge is 0.123 e. The zero-order valence-corrected chi connectivity index (χ0v) is 7.75. The second-order valence-corrected chi connectivity index (χ2v) is 3.36. The normalized spacial score (nSPS) is 15.9. The van der Waals surface area contributed by atoms with Gasteiger partial charge in [0.1, 0.15) is 5.82 Å². The van der Waals surface area contributed by atoms with Crippen LogP contribution in [0.4, 0.5) is 5.82 Å². The Labute approximate surface area is 77.7 Å². The van der Waals surface area contributed by atoms with Crippen molar-refractivity contribution in [3.63, 3.8) is 0 Å². The third-order valence-electron chi connectivity index (χ3n) is 2.32. The average Bonchev–Trinajstić information content (AvgIpc) is 2.56. The SMILES string of the molecule is Cc1cc(N)ncc1C1=NCCC1. The first-order valence-electron chi connectivity index (χ1n) is 4.53. The summed E-state index contributed by atoms with van der Waals surface area (Å²) < 4.78 is 0. The van der Waals surface area contributed by atoms with Crippen molar-refractivity contribution < 1.29 is 0 Å². The Hall–Kier alpha value is -1.38. The number of aromatic nitrogens is 1. The molecule has 0 amide bonds. The Balaban J connectivity index is 2.40. The molecule has 2 N–H and O–H groups in total. The standard InChI is InChI=1S/C10H13N3/c1-7-5-10(11)13-6-8(7)9-3-2-4-12-9/h5-6H,2-4H2,1H3,(H2,11,13). The number of anilines is 1. The second-order valence-electron chi connectivity index (χ2n) is 3.36. The van der Waals surface area contributed by atoms with Crippen LogP contribution in [0.25, 0.3) is 0 Å². The molecule has 0 fully saturated rings. The summed E-state index contributed by atoms with van der Waals surface area (Å²) in [5.41, 5.74) is 9.09. The molecule has 0 atom stereocenters. The van der Waals surface area contributed by atoms with Crippen LogP contribution in [0.1, 0.15) is 24.0 Å². The molecule has 0 bridgehead atoms. The maximum Gasteiger partial charge on any atom is 0.123 e. The van der Waals surface area contributed by atoms with Crippen LogP contribution < -0.4 is 5.73 Å². The van der Waals surface area contributed by atoms with Crippen LogP contribution in [-0.2, 0) is 0 Å². The number of aryl methyl sites for hydroxylation is 1. The number of pyridine rings is 1. The number of hydrogen-bond acceptors (Lipinski definition) is 3. The Bertz CT molecular complexity index is 355. The highest BCUT2D eigenvalue weighted by Gasteiger charge is 2.11. The van der Waals surface area contributed by atoms with Gasteiger partial charge in [-0.15, -0.1) is 0 Å². The van der Waals surface area contributed by atoms with Crippen molar-refractivity contribution in [3.8, 4) is 0 Å². The molecule has 0 spiro atoms. The third-order valence-corrected chi connectivity index (χ3v) is 2.32. The fraction of sp³-hybridized carbons (Fsp3) is 0.400. The van der Waals surface area contributed by atoms with Gasteiger partial charge in [-0.1, -0.05) is 0 Å². The van der Waals surface area contributed by atoms with Crippen molar-refractivity contribution in [2.24, 2.45) is 4.99 Å². The van der Waals surface area contributed by atoms with Gasteiger partial charge in [-0.2, -0.15) is 0 Å². The summed E-state index contributed by atoms with van der Waals surface area (Å²) in [7, 11) is 0. The summed E-state index contributed by atoms with van der Waals surface area (Å²) in [4.78, 5) is 8.51. The zero-order chi connectivity index (χ0) is 9.26. The molecule has 1 aromatic heterocycles. The Kier molecular flexibility index (Phi) is 2.00. The molecule has 0 saturated heterocycles. The van der Waals surface area contributed by atoms with Gasteiger partial charge >= 0.3 is 0 Å². The van der Waals surface area contributed by atoms with E-state index in [1.54, 1.807) is 0 Å². The topological polar surface area (TPSA) is 51.3 Å². The van der Waals surface area contributed by atoms with Gasteiger partial charge in [0, 0.05) is 24.0 Å². The van der Waals surface area contributed by atoms with Gasteiger partial charge in [0.05, 0.1) is 0 Å². The van der Waals surface area contributed by atoms with Crippen LogP contribution >= 0.6 is 0 Å². The maximum absolute atomic E-state index is 5.58. The van der Waals surface area contributed by atoms with E-state index in [-0.39, 0.29) is 0 Å². The highest BCUT2D eigenvalue weighted by Crippen LogP contribution is 2.16. The van der Waals surface area contributed by atoms with Gasteiger partial charge in [-0.3, -0.25) is 4.99 Å². The Morgan fingerprint density at radius 3 is 2.92 bits per heavy atom. The molecule has 0 unspecified atom stereocenters. The van der Waals surface area contributed by atoms with Crippen molar-refractivity contribution in [1.29, 1.82) is 0 Å². The molecule has 68 valence electrons. The fourth-order valence-electron chi connectivity index (χ4n) is 1.64. The predicted octanol–water partition coefficient (Wildman–Crippen LogP) is 1.56. The van der Waals surface area contributed by atoms with Crippen LogP contribution in [0.3, 0.4) is 0 Å². The van der Waals surface area contributed by atoms with Crippen LogP contribution in [-0.4, -0.2) is 17.2 Å². The fourth-order valence-corrected chi connectivity index (χ4v) is 1.64. The quantitative estimate of drug-likeness (QED) is 0.704. The molecular weight excluding hydrogens is 162 g/mol. The predicted molar refractivity (Wildman–Crippen MR) is 54.0 cm³/mol. The minimum Gasteiger partial charge on any atom is -0.384 e. The van der Waals surface area contributed by atoms with E-state index >= 15 is 0 Å². The Morgan fingerprint density at radius 2 is 2.31 bits per heavy atom. The minimum absolute atomic E-state index is 0.583. The van der Waals surface area contributed by atoms with Gasteiger partial charge in [0.2, 0.25) is 0 Å². The summed E-state index contributed by atoms with van der Waals surface area (Å²) >= 11 is 0. The first-order valence-corrected chi connectivity index (χ1v) is 4.53.